The van der Waals surface area contributed by atoms with E-state index < -0.39 is 0 Å². The first kappa shape index (κ1) is 12.2. The van der Waals surface area contributed by atoms with Crippen LogP contribution in [0, 0.1) is 0 Å². The third-order valence-corrected chi connectivity index (χ3v) is 3.48. The van der Waals surface area contributed by atoms with Crippen LogP contribution in [0.4, 0.5) is 5.69 Å². The van der Waals surface area contributed by atoms with Crippen LogP contribution in [0.5, 0.6) is 0 Å². The predicted molar refractivity (Wildman–Crippen MR) is 83.2 cm³/mol. The van der Waals surface area contributed by atoms with Crippen molar-refractivity contribution in [2.45, 2.75) is 6.54 Å². The fraction of sp³-hybridized carbons (Fsp3) is 0.0625. The Hall–Kier alpha value is -1.87. The fourth-order valence-electron chi connectivity index (χ4n) is 2.04. The summed E-state index contributed by atoms with van der Waals surface area (Å²) in [4.78, 5) is 4.32. The molecule has 2 nitrogen and oxygen atoms in total. The lowest BCUT2D eigenvalue weighted by Crippen LogP contribution is -1.99. The van der Waals surface area contributed by atoms with Gasteiger partial charge >= 0.3 is 0 Å². The maximum absolute atomic E-state index is 4.32. The molecule has 3 rings (SSSR count). The lowest BCUT2D eigenvalue weighted by Gasteiger charge is -2.08. The van der Waals surface area contributed by atoms with Crippen LogP contribution in [0.25, 0.3) is 10.9 Å². The molecule has 0 unspecified atom stereocenters. The zero-order valence-electron chi connectivity index (χ0n) is 10.3. The molecule has 3 heteroatoms. The average molecular weight is 313 g/mol. The van der Waals surface area contributed by atoms with Crippen molar-refractivity contribution in [2.75, 3.05) is 5.32 Å². The highest BCUT2D eigenvalue weighted by Crippen LogP contribution is 2.18. The van der Waals surface area contributed by atoms with Crippen LogP contribution in [0.15, 0.2) is 65.3 Å². The van der Waals surface area contributed by atoms with E-state index in [2.05, 4.69) is 56.6 Å². The third kappa shape index (κ3) is 2.93. The normalized spacial score (nSPS) is 10.6. The van der Waals surface area contributed by atoms with Crippen LogP contribution in [0.2, 0.25) is 0 Å². The van der Waals surface area contributed by atoms with Crippen molar-refractivity contribution >= 4 is 32.5 Å². The van der Waals surface area contributed by atoms with E-state index in [9.17, 15) is 0 Å². The van der Waals surface area contributed by atoms with E-state index >= 15 is 0 Å². The highest BCUT2D eigenvalue weighted by Gasteiger charge is 1.98. The summed E-state index contributed by atoms with van der Waals surface area (Å²) in [7, 11) is 0. The van der Waals surface area contributed by atoms with Crippen LogP contribution >= 0.6 is 15.9 Å². The minimum absolute atomic E-state index is 0.811. The van der Waals surface area contributed by atoms with Crippen LogP contribution in [0.3, 0.4) is 0 Å². The van der Waals surface area contributed by atoms with Crippen molar-refractivity contribution in [3.63, 3.8) is 0 Å². The van der Waals surface area contributed by atoms with Gasteiger partial charge in [-0.25, -0.2) is 0 Å². The minimum Gasteiger partial charge on any atom is -0.381 e. The summed E-state index contributed by atoms with van der Waals surface area (Å²) in [5.74, 6) is 0. The Labute approximate surface area is 120 Å². The molecule has 0 radical (unpaired) electrons. The molecule has 1 heterocycles. The van der Waals surface area contributed by atoms with Crippen molar-refractivity contribution in [3.05, 3.63) is 70.8 Å². The molecule has 2 aromatic carbocycles. The molecule has 0 spiro atoms. The summed E-state index contributed by atoms with van der Waals surface area (Å²) in [6.07, 6.45) is 1.82. The number of fused-ring (bicyclic) bond motifs is 1. The van der Waals surface area contributed by atoms with E-state index in [1.165, 1.54) is 5.56 Å². The summed E-state index contributed by atoms with van der Waals surface area (Å²) in [5, 5.41) is 4.59. The van der Waals surface area contributed by atoms with Gasteiger partial charge in [-0.1, -0.05) is 34.1 Å². The number of halogens is 1. The maximum Gasteiger partial charge on any atom is 0.0703 e. The van der Waals surface area contributed by atoms with Gasteiger partial charge in [0.1, 0.15) is 0 Å². The lowest BCUT2D eigenvalue weighted by atomic mass is 10.2. The number of rotatable bonds is 3. The van der Waals surface area contributed by atoms with Crippen molar-refractivity contribution in [2.24, 2.45) is 0 Å². The number of benzene rings is 2. The average Bonchev–Trinajstić information content (AvgIpc) is 2.45. The number of aromatic nitrogens is 1. The summed E-state index contributed by atoms with van der Waals surface area (Å²) < 4.78 is 1.11. The second-order valence-corrected chi connectivity index (χ2v) is 5.31. The third-order valence-electron chi connectivity index (χ3n) is 2.99. The van der Waals surface area contributed by atoms with Gasteiger partial charge in [-0.3, -0.25) is 4.98 Å². The van der Waals surface area contributed by atoms with Crippen molar-refractivity contribution in [1.82, 2.24) is 4.98 Å². The molecule has 0 aliphatic carbocycles. The summed E-state index contributed by atoms with van der Waals surface area (Å²) in [6.45, 7) is 0.811. The Balaban J connectivity index is 1.78. The topological polar surface area (TPSA) is 24.9 Å². The Morgan fingerprint density at radius 1 is 1.00 bits per heavy atom. The Morgan fingerprint density at radius 2 is 1.95 bits per heavy atom. The molecule has 0 fully saturated rings. The molecule has 1 N–H and O–H groups in total. The van der Waals surface area contributed by atoms with Crippen molar-refractivity contribution < 1.29 is 0 Å². The predicted octanol–water partition coefficient (Wildman–Crippen LogP) is 4.61. The van der Waals surface area contributed by atoms with Gasteiger partial charge in [0.05, 0.1) is 5.52 Å². The zero-order valence-corrected chi connectivity index (χ0v) is 11.9. The first-order valence-corrected chi connectivity index (χ1v) is 6.94. The molecule has 0 saturated heterocycles. The summed E-state index contributed by atoms with van der Waals surface area (Å²) in [5.41, 5.74) is 3.39. The molecule has 0 atom stereocenters. The zero-order chi connectivity index (χ0) is 13.1. The number of hydrogen-bond acceptors (Lipinski definition) is 2. The van der Waals surface area contributed by atoms with Crippen LogP contribution < -0.4 is 5.32 Å². The largest absolute Gasteiger partial charge is 0.381 e. The van der Waals surface area contributed by atoms with E-state index in [0.29, 0.717) is 0 Å². The highest BCUT2D eigenvalue weighted by atomic mass is 79.9. The molecule has 3 aromatic rings. The highest BCUT2D eigenvalue weighted by molar-refractivity contribution is 9.10. The SMILES string of the molecule is Brc1cccc(CNc2ccc3ncccc3c2)c1. The number of nitrogens with one attached hydrogen (secondary N) is 1. The number of hydrogen-bond donors (Lipinski definition) is 1. The van der Waals surface area contributed by atoms with Gasteiger partial charge in [-0.15, -0.1) is 0 Å². The number of anilines is 1. The molecular formula is C16H13BrN2. The van der Waals surface area contributed by atoms with Crippen molar-refractivity contribution in [3.8, 4) is 0 Å². The molecular weight excluding hydrogens is 300 g/mol. The summed E-state index contributed by atoms with van der Waals surface area (Å²) in [6, 6.07) is 18.6. The lowest BCUT2D eigenvalue weighted by molar-refractivity contribution is 1.15. The van der Waals surface area contributed by atoms with E-state index in [1.54, 1.807) is 0 Å². The second-order valence-electron chi connectivity index (χ2n) is 4.39. The van der Waals surface area contributed by atoms with Gasteiger partial charge in [-0.05, 0) is 42.0 Å². The Kier molecular flexibility index (Phi) is 3.47. The smallest absolute Gasteiger partial charge is 0.0703 e. The molecule has 0 amide bonds. The minimum atomic E-state index is 0.811. The van der Waals surface area contributed by atoms with Gasteiger partial charge in [0, 0.05) is 28.3 Å². The maximum atomic E-state index is 4.32. The van der Waals surface area contributed by atoms with E-state index in [-0.39, 0.29) is 0 Å². The Bertz CT molecular complexity index is 710. The Morgan fingerprint density at radius 3 is 2.84 bits per heavy atom. The molecule has 1 aromatic heterocycles. The number of nitrogens with zero attached hydrogens (tertiary/aromatic N) is 1. The second kappa shape index (κ2) is 5.41. The molecule has 0 saturated carbocycles. The standard InChI is InChI=1S/C16H13BrN2/c17-14-5-1-3-12(9-14)11-19-15-6-7-16-13(10-15)4-2-8-18-16/h1-10,19H,11H2. The van der Waals surface area contributed by atoms with E-state index in [0.717, 1.165) is 27.6 Å². The molecule has 19 heavy (non-hydrogen) atoms. The van der Waals surface area contributed by atoms with E-state index in [1.807, 2.05) is 30.5 Å². The molecule has 94 valence electrons. The van der Waals surface area contributed by atoms with E-state index in [4.69, 9.17) is 0 Å². The van der Waals surface area contributed by atoms with Gasteiger partial charge in [0.25, 0.3) is 0 Å². The van der Waals surface area contributed by atoms with Gasteiger partial charge in [0.2, 0.25) is 0 Å². The fourth-order valence-corrected chi connectivity index (χ4v) is 2.48. The first-order chi connectivity index (χ1) is 9.31. The van der Waals surface area contributed by atoms with Crippen LogP contribution in [-0.2, 0) is 6.54 Å². The van der Waals surface area contributed by atoms with Crippen LogP contribution in [-0.4, -0.2) is 4.98 Å². The molecule has 0 bridgehead atoms. The van der Waals surface area contributed by atoms with Crippen molar-refractivity contribution in [1.29, 1.82) is 0 Å². The quantitative estimate of drug-likeness (QED) is 0.764. The van der Waals surface area contributed by atoms with Gasteiger partial charge < -0.3 is 5.32 Å². The first-order valence-electron chi connectivity index (χ1n) is 6.14. The molecule has 0 aliphatic heterocycles. The van der Waals surface area contributed by atoms with Crippen LogP contribution in [0.1, 0.15) is 5.56 Å². The number of pyridine rings is 1. The molecule has 0 aliphatic rings. The monoisotopic (exact) mass is 312 g/mol. The summed E-state index contributed by atoms with van der Waals surface area (Å²) >= 11 is 3.48. The van der Waals surface area contributed by atoms with Gasteiger partial charge in [-0.2, -0.15) is 0 Å². The van der Waals surface area contributed by atoms with Gasteiger partial charge in [0.15, 0.2) is 0 Å².